The monoisotopic (exact) mass is 311 g/mol. The molecule has 0 bridgehead atoms. The Labute approximate surface area is 126 Å². The molecule has 21 heavy (non-hydrogen) atoms. The van der Waals surface area contributed by atoms with Crippen molar-refractivity contribution in [3.63, 3.8) is 0 Å². The van der Waals surface area contributed by atoms with Crippen LogP contribution in [0.3, 0.4) is 0 Å². The highest BCUT2D eigenvalue weighted by molar-refractivity contribution is 7.99. The van der Waals surface area contributed by atoms with Crippen molar-refractivity contribution in [3.8, 4) is 0 Å². The smallest absolute Gasteiger partial charge is 0.326 e. The fourth-order valence-corrected chi connectivity index (χ4v) is 2.40. The van der Waals surface area contributed by atoms with E-state index in [1.54, 1.807) is 0 Å². The molecule has 0 aliphatic rings. The van der Waals surface area contributed by atoms with Gasteiger partial charge in [-0.2, -0.15) is 0 Å². The Hall–Kier alpha value is -2.02. The first-order chi connectivity index (χ1) is 9.99. The van der Waals surface area contributed by atoms with Crippen LogP contribution in [-0.2, 0) is 20.1 Å². The highest BCUT2D eigenvalue weighted by Crippen LogP contribution is 2.11. The largest absolute Gasteiger partial charge is 0.481 e. The van der Waals surface area contributed by atoms with Crippen LogP contribution in [-0.4, -0.2) is 39.9 Å². The fourth-order valence-electron chi connectivity index (χ4n) is 1.60. The SMILES string of the molecule is O=C(O)CCC(NC(=O)CSCc1ccccc1)C(=O)O. The van der Waals surface area contributed by atoms with Crippen molar-refractivity contribution in [2.24, 2.45) is 0 Å². The lowest BCUT2D eigenvalue weighted by molar-refractivity contribution is -0.142. The molecular formula is C14H17NO5S. The van der Waals surface area contributed by atoms with Crippen LogP contribution in [0.1, 0.15) is 18.4 Å². The van der Waals surface area contributed by atoms with Gasteiger partial charge in [-0.25, -0.2) is 4.79 Å². The predicted molar refractivity (Wildman–Crippen MR) is 79.0 cm³/mol. The van der Waals surface area contributed by atoms with Crippen LogP contribution in [0.5, 0.6) is 0 Å². The summed E-state index contributed by atoms with van der Waals surface area (Å²) in [4.78, 5) is 33.0. The molecule has 0 heterocycles. The first-order valence-corrected chi connectivity index (χ1v) is 7.50. The van der Waals surface area contributed by atoms with E-state index in [1.807, 2.05) is 30.3 Å². The third-order valence-electron chi connectivity index (χ3n) is 2.62. The maximum absolute atomic E-state index is 11.7. The van der Waals surface area contributed by atoms with Crippen LogP contribution in [0.25, 0.3) is 0 Å². The predicted octanol–water partition coefficient (Wildman–Crippen LogP) is 1.35. The van der Waals surface area contributed by atoms with Crippen molar-refractivity contribution in [1.29, 1.82) is 0 Å². The third-order valence-corrected chi connectivity index (χ3v) is 3.63. The second kappa shape index (κ2) is 9.02. The number of aliphatic carboxylic acids is 2. The summed E-state index contributed by atoms with van der Waals surface area (Å²) in [7, 11) is 0. The van der Waals surface area contributed by atoms with Gasteiger partial charge in [0, 0.05) is 12.2 Å². The summed E-state index contributed by atoms with van der Waals surface area (Å²) < 4.78 is 0. The van der Waals surface area contributed by atoms with E-state index in [0.717, 1.165) is 5.56 Å². The molecule has 1 aromatic carbocycles. The molecule has 0 saturated heterocycles. The van der Waals surface area contributed by atoms with Gasteiger partial charge in [-0.1, -0.05) is 30.3 Å². The number of benzene rings is 1. The zero-order valence-electron chi connectivity index (χ0n) is 11.3. The van der Waals surface area contributed by atoms with Crippen LogP contribution in [0, 0.1) is 0 Å². The summed E-state index contributed by atoms with van der Waals surface area (Å²) >= 11 is 1.37. The van der Waals surface area contributed by atoms with Crippen molar-refractivity contribution in [1.82, 2.24) is 5.32 Å². The van der Waals surface area contributed by atoms with E-state index < -0.39 is 23.9 Å². The molecule has 1 unspecified atom stereocenters. The molecule has 1 aromatic rings. The number of hydrogen-bond donors (Lipinski definition) is 3. The van der Waals surface area contributed by atoms with Crippen LogP contribution >= 0.6 is 11.8 Å². The number of carboxylic acid groups (broad SMARTS) is 2. The highest BCUT2D eigenvalue weighted by Gasteiger charge is 2.20. The zero-order valence-corrected chi connectivity index (χ0v) is 12.1. The maximum atomic E-state index is 11.7. The van der Waals surface area contributed by atoms with Crippen molar-refractivity contribution in [3.05, 3.63) is 35.9 Å². The Balaban J connectivity index is 2.33. The number of rotatable bonds is 9. The molecule has 1 atom stereocenters. The minimum atomic E-state index is -1.22. The molecule has 1 amide bonds. The molecule has 1 rings (SSSR count). The number of nitrogens with one attached hydrogen (secondary N) is 1. The van der Waals surface area contributed by atoms with Gasteiger partial charge in [0.25, 0.3) is 0 Å². The quantitative estimate of drug-likeness (QED) is 0.636. The average Bonchev–Trinajstić information content (AvgIpc) is 2.44. The fraction of sp³-hybridized carbons (Fsp3) is 0.357. The molecule has 7 heteroatoms. The molecule has 0 radical (unpaired) electrons. The first kappa shape index (κ1) is 17.0. The lowest BCUT2D eigenvalue weighted by Gasteiger charge is -2.13. The molecule has 114 valence electrons. The molecular weight excluding hydrogens is 294 g/mol. The summed E-state index contributed by atoms with van der Waals surface area (Å²) in [6.07, 6.45) is -0.422. The van der Waals surface area contributed by atoms with Gasteiger partial charge in [-0.05, 0) is 12.0 Å². The number of carboxylic acids is 2. The van der Waals surface area contributed by atoms with Gasteiger partial charge in [-0.3, -0.25) is 9.59 Å². The van der Waals surface area contributed by atoms with Gasteiger partial charge in [0.2, 0.25) is 5.91 Å². The molecule has 0 fully saturated rings. The molecule has 0 aliphatic carbocycles. The summed E-state index contributed by atoms with van der Waals surface area (Å²) in [6.45, 7) is 0. The zero-order chi connectivity index (χ0) is 15.7. The molecule has 0 spiro atoms. The van der Waals surface area contributed by atoms with E-state index in [4.69, 9.17) is 10.2 Å². The number of carbonyl (C=O) groups excluding carboxylic acids is 1. The summed E-state index contributed by atoms with van der Waals surface area (Å²) in [5.41, 5.74) is 1.08. The van der Waals surface area contributed by atoms with E-state index in [1.165, 1.54) is 11.8 Å². The minimum absolute atomic E-state index is 0.125. The van der Waals surface area contributed by atoms with Gasteiger partial charge < -0.3 is 15.5 Å². The van der Waals surface area contributed by atoms with Crippen LogP contribution in [0.4, 0.5) is 0 Å². The van der Waals surface area contributed by atoms with Crippen LogP contribution < -0.4 is 5.32 Å². The van der Waals surface area contributed by atoms with E-state index >= 15 is 0 Å². The van der Waals surface area contributed by atoms with Crippen molar-refractivity contribution in [2.75, 3.05) is 5.75 Å². The molecule has 6 nitrogen and oxygen atoms in total. The number of hydrogen-bond acceptors (Lipinski definition) is 4. The van der Waals surface area contributed by atoms with E-state index in [0.29, 0.717) is 5.75 Å². The van der Waals surface area contributed by atoms with Crippen molar-refractivity contribution >= 4 is 29.6 Å². The minimum Gasteiger partial charge on any atom is -0.481 e. The Morgan fingerprint density at radius 2 is 1.81 bits per heavy atom. The molecule has 0 aromatic heterocycles. The lowest BCUT2D eigenvalue weighted by atomic mass is 10.1. The lowest BCUT2D eigenvalue weighted by Crippen LogP contribution is -2.41. The Morgan fingerprint density at radius 1 is 1.14 bits per heavy atom. The second-order valence-electron chi connectivity index (χ2n) is 4.37. The average molecular weight is 311 g/mol. The molecule has 0 aliphatic heterocycles. The first-order valence-electron chi connectivity index (χ1n) is 6.34. The second-order valence-corrected chi connectivity index (χ2v) is 5.35. The van der Waals surface area contributed by atoms with Gasteiger partial charge in [0.1, 0.15) is 6.04 Å². The van der Waals surface area contributed by atoms with Crippen molar-refractivity contribution < 1.29 is 24.6 Å². The Bertz CT molecular complexity index is 491. The van der Waals surface area contributed by atoms with Crippen LogP contribution in [0.2, 0.25) is 0 Å². The van der Waals surface area contributed by atoms with E-state index in [2.05, 4.69) is 5.32 Å². The third kappa shape index (κ3) is 7.36. The number of amides is 1. The van der Waals surface area contributed by atoms with Crippen molar-refractivity contribution in [2.45, 2.75) is 24.6 Å². The summed E-state index contributed by atoms with van der Waals surface area (Å²) in [5, 5.41) is 19.8. The van der Waals surface area contributed by atoms with Crippen LogP contribution in [0.15, 0.2) is 30.3 Å². The number of carbonyl (C=O) groups is 3. The Morgan fingerprint density at radius 3 is 2.38 bits per heavy atom. The summed E-state index contributed by atoms with van der Waals surface area (Å²) in [6, 6.07) is 8.44. The maximum Gasteiger partial charge on any atom is 0.326 e. The topological polar surface area (TPSA) is 104 Å². The molecule has 3 N–H and O–H groups in total. The number of thioether (sulfide) groups is 1. The highest BCUT2D eigenvalue weighted by atomic mass is 32.2. The van der Waals surface area contributed by atoms with E-state index in [9.17, 15) is 14.4 Å². The van der Waals surface area contributed by atoms with Gasteiger partial charge in [0.15, 0.2) is 0 Å². The molecule has 0 saturated carbocycles. The standard InChI is InChI=1S/C14H17NO5S/c16-12(9-21-8-10-4-2-1-3-5-10)15-11(14(19)20)6-7-13(17)18/h1-5,11H,6-9H2,(H,15,16)(H,17,18)(H,19,20). The normalized spacial score (nSPS) is 11.6. The summed E-state index contributed by atoms with van der Waals surface area (Å²) in [5.74, 6) is -1.94. The van der Waals surface area contributed by atoms with Gasteiger partial charge in [-0.15, -0.1) is 11.8 Å². The van der Waals surface area contributed by atoms with Gasteiger partial charge >= 0.3 is 11.9 Å². The Kier molecular flexibility index (Phi) is 7.31. The van der Waals surface area contributed by atoms with E-state index in [-0.39, 0.29) is 18.6 Å². The van der Waals surface area contributed by atoms with Gasteiger partial charge in [0.05, 0.1) is 5.75 Å².